The van der Waals surface area contributed by atoms with Gasteiger partial charge in [-0.2, -0.15) is 0 Å². The predicted molar refractivity (Wildman–Crippen MR) is 124 cm³/mol. The molecule has 1 heterocycles. The van der Waals surface area contributed by atoms with Gasteiger partial charge in [0.15, 0.2) is 11.5 Å². The number of hydrogen-bond acceptors (Lipinski definition) is 6. The molecular weight excluding hydrogens is 432 g/mol. The third kappa shape index (κ3) is 3.00. The van der Waals surface area contributed by atoms with Crippen LogP contribution in [0.15, 0.2) is 23.2 Å². The molecule has 0 bridgehead atoms. The minimum absolute atomic E-state index is 0.0691. The Balaban J connectivity index is 1.35. The third-order valence-electron chi connectivity index (χ3n) is 10.8. The van der Waals surface area contributed by atoms with E-state index in [4.69, 9.17) is 9.47 Å². The van der Waals surface area contributed by atoms with Gasteiger partial charge in [-0.05, 0) is 75.2 Å². The summed E-state index contributed by atoms with van der Waals surface area (Å²) in [6.07, 6.45) is 10.4. The minimum atomic E-state index is -0.605. The van der Waals surface area contributed by atoms with Crippen molar-refractivity contribution in [2.75, 3.05) is 6.61 Å². The van der Waals surface area contributed by atoms with E-state index in [1.807, 2.05) is 0 Å². The van der Waals surface area contributed by atoms with Crippen LogP contribution in [0.1, 0.15) is 78.1 Å². The molecule has 4 fully saturated rings. The molecule has 1 aliphatic heterocycles. The molecule has 6 nitrogen and oxygen atoms in total. The predicted octanol–water partition coefficient (Wildman–Crippen LogP) is 4.05. The molecule has 6 heteroatoms. The van der Waals surface area contributed by atoms with Crippen LogP contribution < -0.4 is 0 Å². The zero-order valence-electron chi connectivity index (χ0n) is 20.4. The average Bonchev–Trinajstić information content (AvgIpc) is 3.43. The van der Waals surface area contributed by atoms with E-state index in [0.717, 1.165) is 44.1 Å². The highest BCUT2D eigenvalue weighted by Gasteiger charge is 2.65. The molecule has 5 aliphatic carbocycles. The molecule has 2 N–H and O–H groups in total. The highest BCUT2D eigenvalue weighted by molar-refractivity contribution is 6.05. The monoisotopic (exact) mass is 470 g/mol. The molecule has 0 spiro atoms. The van der Waals surface area contributed by atoms with Crippen molar-refractivity contribution in [1.29, 1.82) is 0 Å². The van der Waals surface area contributed by atoms with Gasteiger partial charge in [0, 0.05) is 17.8 Å². The maximum Gasteiger partial charge on any atom is 0.244 e. The molecule has 0 saturated heterocycles. The lowest BCUT2D eigenvalue weighted by Gasteiger charge is -2.59. The van der Waals surface area contributed by atoms with Gasteiger partial charge >= 0.3 is 0 Å². The zero-order valence-corrected chi connectivity index (χ0v) is 20.4. The van der Waals surface area contributed by atoms with Gasteiger partial charge in [0.25, 0.3) is 0 Å². The summed E-state index contributed by atoms with van der Waals surface area (Å²) in [5, 5.41) is 21.3. The van der Waals surface area contributed by atoms with Gasteiger partial charge in [0.1, 0.15) is 6.61 Å². The molecule has 0 amide bonds. The molecule has 186 valence electrons. The molecule has 4 saturated carbocycles. The van der Waals surface area contributed by atoms with Crippen molar-refractivity contribution in [3.05, 3.63) is 23.2 Å². The van der Waals surface area contributed by atoms with Crippen molar-refractivity contribution in [3.63, 3.8) is 0 Å². The van der Waals surface area contributed by atoms with E-state index in [2.05, 4.69) is 13.8 Å². The third-order valence-corrected chi connectivity index (χ3v) is 10.8. The number of carbonyl (C=O) groups excluding carboxylic acids is 2. The van der Waals surface area contributed by atoms with Crippen LogP contribution in [0.3, 0.4) is 0 Å². The average molecular weight is 471 g/mol. The molecule has 0 aromatic carbocycles. The van der Waals surface area contributed by atoms with Crippen molar-refractivity contribution in [2.24, 2.45) is 40.4 Å². The number of hydrogen-bond donors (Lipinski definition) is 2. The van der Waals surface area contributed by atoms with Crippen molar-refractivity contribution in [3.8, 4) is 0 Å². The molecule has 0 radical (unpaired) electrons. The fraction of sp³-hybridized carbons (Fsp3) is 0.786. The van der Waals surface area contributed by atoms with Crippen LogP contribution in [-0.2, 0) is 19.1 Å². The van der Waals surface area contributed by atoms with E-state index in [-0.39, 0.29) is 34.7 Å². The SMILES string of the molecule is C[C@@]12C(=CC(=O)C3=C1OC(C1CCCCC1)O3)CC[C@@H]1[C@@H]2[C@@H](O)C[C@]2(C)[C@@H](C(=O)CO)CC[C@@H]12. The number of rotatable bonds is 3. The molecular formula is C28H38O6. The lowest BCUT2D eigenvalue weighted by Crippen LogP contribution is -2.57. The van der Waals surface area contributed by atoms with Crippen LogP contribution in [0.25, 0.3) is 0 Å². The summed E-state index contributed by atoms with van der Waals surface area (Å²) in [4.78, 5) is 25.6. The lowest BCUT2D eigenvalue weighted by atomic mass is 9.46. The number of aliphatic hydroxyl groups is 2. The fourth-order valence-corrected chi connectivity index (χ4v) is 9.24. The first-order valence-electron chi connectivity index (χ1n) is 13.4. The second kappa shape index (κ2) is 7.92. The number of allylic oxidation sites excluding steroid dienone is 2. The van der Waals surface area contributed by atoms with Gasteiger partial charge < -0.3 is 19.7 Å². The van der Waals surface area contributed by atoms with Crippen LogP contribution in [0.4, 0.5) is 0 Å². The van der Waals surface area contributed by atoms with Gasteiger partial charge in [0.2, 0.25) is 17.8 Å². The number of aliphatic hydroxyl groups excluding tert-OH is 2. The Morgan fingerprint density at radius 2 is 1.85 bits per heavy atom. The van der Waals surface area contributed by atoms with Crippen LogP contribution in [-0.4, -0.2) is 40.8 Å². The summed E-state index contributed by atoms with van der Waals surface area (Å²) >= 11 is 0. The Bertz CT molecular complexity index is 960. The van der Waals surface area contributed by atoms with Crippen molar-refractivity contribution in [2.45, 2.75) is 90.4 Å². The van der Waals surface area contributed by atoms with Gasteiger partial charge in [-0.15, -0.1) is 0 Å². The van der Waals surface area contributed by atoms with Gasteiger partial charge in [0.05, 0.1) is 11.5 Å². The van der Waals surface area contributed by atoms with Gasteiger partial charge in [-0.1, -0.05) is 31.8 Å². The van der Waals surface area contributed by atoms with Crippen molar-refractivity contribution >= 4 is 11.6 Å². The molecule has 8 atom stereocenters. The maximum absolute atomic E-state index is 13.1. The topological polar surface area (TPSA) is 93.1 Å². The Morgan fingerprint density at radius 1 is 1.09 bits per heavy atom. The maximum atomic E-state index is 13.1. The van der Waals surface area contributed by atoms with E-state index in [1.54, 1.807) is 6.08 Å². The number of ketones is 2. The molecule has 0 aromatic heterocycles. The van der Waals surface area contributed by atoms with Crippen LogP contribution >= 0.6 is 0 Å². The molecule has 0 aromatic rings. The number of Topliss-reactive ketones (excluding diaryl/α,β-unsaturated/α-hetero) is 1. The molecule has 34 heavy (non-hydrogen) atoms. The standard InChI is InChI=1S/C28H38O6/c1-27-13-21(31)23-17(18(27)10-11-19(27)22(32)14-29)9-8-16-12-20(30)24-25(28(16,23)2)34-26(33-24)15-6-4-3-5-7-15/h12,15,17-19,21,23,26,29,31H,3-11,13-14H2,1-2H3/t17-,18-,19+,21-,23+,26?,27-,28-/m0/s1. The van der Waals surface area contributed by atoms with Crippen LogP contribution in [0.2, 0.25) is 0 Å². The minimum Gasteiger partial charge on any atom is -0.454 e. The van der Waals surface area contributed by atoms with E-state index >= 15 is 0 Å². The first-order chi connectivity index (χ1) is 16.3. The van der Waals surface area contributed by atoms with Gasteiger partial charge in [-0.25, -0.2) is 0 Å². The second-order valence-electron chi connectivity index (χ2n) is 12.3. The zero-order chi connectivity index (χ0) is 23.8. The normalized spacial score (nSPS) is 46.0. The lowest BCUT2D eigenvalue weighted by molar-refractivity contribution is -0.148. The molecule has 6 rings (SSSR count). The fourth-order valence-electron chi connectivity index (χ4n) is 9.24. The smallest absolute Gasteiger partial charge is 0.244 e. The highest BCUT2D eigenvalue weighted by Crippen LogP contribution is 2.68. The summed E-state index contributed by atoms with van der Waals surface area (Å²) in [6, 6.07) is 0. The van der Waals surface area contributed by atoms with Gasteiger partial charge in [-0.3, -0.25) is 9.59 Å². The number of ether oxygens (including phenoxy) is 2. The van der Waals surface area contributed by atoms with Crippen LogP contribution in [0.5, 0.6) is 0 Å². The van der Waals surface area contributed by atoms with E-state index in [9.17, 15) is 19.8 Å². The summed E-state index contributed by atoms with van der Waals surface area (Å²) in [7, 11) is 0. The van der Waals surface area contributed by atoms with E-state index in [1.165, 1.54) is 19.3 Å². The second-order valence-corrected chi connectivity index (χ2v) is 12.3. The quantitative estimate of drug-likeness (QED) is 0.646. The van der Waals surface area contributed by atoms with Crippen molar-refractivity contribution in [1.82, 2.24) is 0 Å². The largest absolute Gasteiger partial charge is 0.454 e. The first kappa shape index (κ1) is 22.8. The Kier molecular flexibility index (Phi) is 5.31. The Labute approximate surface area is 201 Å². The molecule has 1 unspecified atom stereocenters. The number of carbonyl (C=O) groups is 2. The molecule has 6 aliphatic rings. The number of fused-ring (bicyclic) bond motifs is 6. The van der Waals surface area contributed by atoms with Crippen LogP contribution in [0, 0.1) is 40.4 Å². The van der Waals surface area contributed by atoms with E-state index < -0.39 is 24.4 Å². The summed E-state index contributed by atoms with van der Waals surface area (Å²) in [5.74, 6) is 1.44. The summed E-state index contributed by atoms with van der Waals surface area (Å²) in [6.45, 7) is 3.88. The Morgan fingerprint density at radius 3 is 2.59 bits per heavy atom. The van der Waals surface area contributed by atoms with E-state index in [0.29, 0.717) is 29.8 Å². The first-order valence-corrected chi connectivity index (χ1v) is 13.4. The summed E-state index contributed by atoms with van der Waals surface area (Å²) < 4.78 is 12.8. The summed E-state index contributed by atoms with van der Waals surface area (Å²) in [5.41, 5.74) is 0.209. The highest BCUT2D eigenvalue weighted by atomic mass is 16.7. The Hall–Kier alpha value is -1.66. The van der Waals surface area contributed by atoms with Crippen molar-refractivity contribution < 1.29 is 29.3 Å².